The molecule has 5 nitrogen and oxygen atoms in total. The van der Waals surface area contributed by atoms with Crippen molar-refractivity contribution in [1.29, 1.82) is 5.26 Å². The Morgan fingerprint density at radius 3 is 2.19 bits per heavy atom. The van der Waals surface area contributed by atoms with Gasteiger partial charge in [0.05, 0.1) is 17.7 Å². The van der Waals surface area contributed by atoms with Crippen LogP contribution in [-0.4, -0.2) is 23.1 Å². The molecule has 1 aliphatic rings. The molecule has 1 atom stereocenters. The van der Waals surface area contributed by atoms with Crippen LogP contribution in [0.3, 0.4) is 0 Å². The topological polar surface area (TPSA) is 73.2 Å². The van der Waals surface area contributed by atoms with Crippen molar-refractivity contribution >= 4 is 17.4 Å². The van der Waals surface area contributed by atoms with E-state index in [1.807, 2.05) is 67.6 Å². The maximum Gasteiger partial charge on any atom is 0.272 e. The van der Waals surface area contributed by atoms with Crippen LogP contribution in [0.4, 0.5) is 5.69 Å². The number of Topliss-reactive ketones (excluding diaryl/α,β-unsaturated/α-hetero) is 1. The summed E-state index contributed by atoms with van der Waals surface area (Å²) in [6.07, 6.45) is 0. The van der Waals surface area contributed by atoms with E-state index in [-0.39, 0.29) is 23.9 Å². The number of hydrogen-bond acceptors (Lipinski definition) is 4. The summed E-state index contributed by atoms with van der Waals surface area (Å²) >= 11 is 0. The summed E-state index contributed by atoms with van der Waals surface area (Å²) in [5, 5.41) is 12.6. The predicted octanol–water partition coefficient (Wildman–Crippen LogP) is 4.65. The Labute approximate surface area is 181 Å². The van der Waals surface area contributed by atoms with Gasteiger partial charge in [0.2, 0.25) is 0 Å². The van der Waals surface area contributed by atoms with Gasteiger partial charge in [-0.2, -0.15) is 5.26 Å². The van der Waals surface area contributed by atoms with Gasteiger partial charge in [0.25, 0.3) is 5.91 Å². The molecule has 1 aliphatic heterocycles. The van der Waals surface area contributed by atoms with Crippen LogP contribution >= 0.6 is 0 Å². The van der Waals surface area contributed by atoms with E-state index in [1.54, 1.807) is 24.3 Å². The normalized spacial score (nSPS) is 15.7. The third-order valence-corrected chi connectivity index (χ3v) is 5.29. The van der Waals surface area contributed by atoms with E-state index in [0.29, 0.717) is 16.8 Å². The highest BCUT2D eigenvalue weighted by molar-refractivity contribution is 6.18. The molecule has 5 heteroatoms. The largest absolute Gasteiger partial charge is 0.351 e. The van der Waals surface area contributed by atoms with Crippen LogP contribution in [0, 0.1) is 18.3 Å². The number of amides is 1. The highest BCUT2D eigenvalue weighted by Gasteiger charge is 2.43. The Hall–Kier alpha value is -4.17. The highest BCUT2D eigenvalue weighted by atomic mass is 16.2. The molecule has 1 heterocycles. The molecule has 0 aromatic heterocycles. The van der Waals surface area contributed by atoms with Crippen molar-refractivity contribution in [2.24, 2.45) is 0 Å². The van der Waals surface area contributed by atoms with Crippen molar-refractivity contribution in [3.63, 3.8) is 0 Å². The van der Waals surface area contributed by atoms with Crippen LogP contribution in [0.1, 0.15) is 27.5 Å². The van der Waals surface area contributed by atoms with E-state index in [4.69, 9.17) is 0 Å². The van der Waals surface area contributed by atoms with Gasteiger partial charge in [-0.1, -0.05) is 78.4 Å². The molecule has 0 bridgehead atoms. The van der Waals surface area contributed by atoms with Crippen molar-refractivity contribution in [3.8, 4) is 6.07 Å². The van der Waals surface area contributed by atoms with E-state index < -0.39 is 6.04 Å². The standard InChI is InChI=1S/C26H21N3O2/c1-18-12-14-21(15-13-18)28-23-22(25(30)20-10-6-3-7-11-20)24(19-8-4-2-5-9-19)29(17-16-27)26(23)31/h2-15,24,28H,17H2,1H3. The maximum absolute atomic E-state index is 13.6. The van der Waals surface area contributed by atoms with E-state index in [2.05, 4.69) is 11.4 Å². The lowest BCUT2D eigenvalue weighted by atomic mass is 9.92. The molecule has 152 valence electrons. The third kappa shape index (κ3) is 3.96. The Bertz CT molecular complexity index is 1180. The molecule has 3 aromatic carbocycles. The van der Waals surface area contributed by atoms with E-state index in [0.717, 1.165) is 11.1 Å². The quantitative estimate of drug-likeness (QED) is 0.477. The summed E-state index contributed by atoms with van der Waals surface area (Å²) in [6.45, 7) is 1.86. The molecule has 1 unspecified atom stereocenters. The third-order valence-electron chi connectivity index (χ3n) is 5.29. The van der Waals surface area contributed by atoms with E-state index >= 15 is 0 Å². The van der Waals surface area contributed by atoms with Crippen LogP contribution in [0.25, 0.3) is 0 Å². The number of benzene rings is 3. The molecular formula is C26H21N3O2. The Morgan fingerprint density at radius 1 is 0.968 bits per heavy atom. The first-order valence-corrected chi connectivity index (χ1v) is 10.0. The summed E-state index contributed by atoms with van der Waals surface area (Å²) in [6, 6.07) is 27.3. The lowest BCUT2D eigenvalue weighted by Crippen LogP contribution is -2.32. The minimum absolute atomic E-state index is 0.122. The minimum atomic E-state index is -0.644. The number of aryl methyl sites for hydroxylation is 1. The zero-order valence-corrected chi connectivity index (χ0v) is 17.1. The van der Waals surface area contributed by atoms with Crippen molar-refractivity contribution in [2.75, 3.05) is 11.9 Å². The smallest absolute Gasteiger partial charge is 0.272 e. The van der Waals surface area contributed by atoms with Crippen LogP contribution < -0.4 is 5.32 Å². The first-order valence-electron chi connectivity index (χ1n) is 10.0. The molecular weight excluding hydrogens is 386 g/mol. The molecule has 3 aromatic rings. The number of carbonyl (C=O) groups excluding carboxylic acids is 2. The van der Waals surface area contributed by atoms with Crippen molar-refractivity contribution < 1.29 is 9.59 Å². The van der Waals surface area contributed by atoms with Crippen molar-refractivity contribution in [3.05, 3.63) is 113 Å². The molecule has 31 heavy (non-hydrogen) atoms. The van der Waals surface area contributed by atoms with Crippen molar-refractivity contribution in [2.45, 2.75) is 13.0 Å². The summed E-state index contributed by atoms with van der Waals surface area (Å²) < 4.78 is 0. The summed E-state index contributed by atoms with van der Waals surface area (Å²) in [5.74, 6) is -0.604. The SMILES string of the molecule is Cc1ccc(NC2=C(C(=O)c3ccccc3)C(c3ccccc3)N(CC#N)C2=O)cc1. The predicted molar refractivity (Wildman–Crippen MR) is 119 cm³/mol. The number of ketones is 1. The van der Waals surface area contributed by atoms with Gasteiger partial charge in [0.15, 0.2) is 5.78 Å². The Balaban J connectivity index is 1.88. The fraction of sp³-hybridized carbons (Fsp3) is 0.115. The Kier molecular flexibility index (Phi) is 5.63. The summed E-state index contributed by atoms with van der Waals surface area (Å²) in [4.78, 5) is 28.5. The average molecular weight is 407 g/mol. The Morgan fingerprint density at radius 2 is 1.58 bits per heavy atom. The summed E-state index contributed by atoms with van der Waals surface area (Å²) in [5.41, 5.74) is 3.63. The van der Waals surface area contributed by atoms with Crippen LogP contribution in [-0.2, 0) is 4.79 Å². The molecule has 0 fully saturated rings. The number of hydrogen-bond donors (Lipinski definition) is 1. The molecule has 0 radical (unpaired) electrons. The number of nitrogens with zero attached hydrogens (tertiary/aromatic N) is 2. The number of nitriles is 1. The zero-order chi connectivity index (χ0) is 21.8. The molecule has 4 rings (SSSR count). The van der Waals surface area contributed by atoms with Crippen molar-refractivity contribution in [1.82, 2.24) is 4.90 Å². The van der Waals surface area contributed by atoms with Crippen LogP contribution in [0.15, 0.2) is 96.2 Å². The number of nitrogens with one attached hydrogen (secondary N) is 1. The number of rotatable bonds is 6. The maximum atomic E-state index is 13.6. The first kappa shape index (κ1) is 20.1. The fourth-order valence-corrected chi connectivity index (χ4v) is 3.77. The van der Waals surface area contributed by atoms with Gasteiger partial charge in [0, 0.05) is 11.3 Å². The number of anilines is 1. The lowest BCUT2D eigenvalue weighted by Gasteiger charge is -2.24. The first-order chi connectivity index (χ1) is 15.1. The molecule has 1 amide bonds. The molecule has 0 spiro atoms. The molecule has 0 aliphatic carbocycles. The van der Waals surface area contributed by atoms with Gasteiger partial charge >= 0.3 is 0 Å². The molecule has 1 N–H and O–H groups in total. The second-order valence-electron chi connectivity index (χ2n) is 7.38. The van der Waals surface area contributed by atoms with E-state index in [9.17, 15) is 14.9 Å². The van der Waals surface area contributed by atoms with Gasteiger partial charge in [-0.25, -0.2) is 0 Å². The fourth-order valence-electron chi connectivity index (χ4n) is 3.77. The zero-order valence-electron chi connectivity index (χ0n) is 17.1. The number of carbonyl (C=O) groups is 2. The van der Waals surface area contributed by atoms with Crippen LogP contribution in [0.5, 0.6) is 0 Å². The average Bonchev–Trinajstić information content (AvgIpc) is 3.07. The van der Waals surface area contributed by atoms with Gasteiger partial charge in [-0.15, -0.1) is 0 Å². The second-order valence-corrected chi connectivity index (χ2v) is 7.38. The van der Waals surface area contributed by atoms with Crippen LogP contribution in [0.2, 0.25) is 0 Å². The van der Waals surface area contributed by atoms with E-state index in [1.165, 1.54) is 4.90 Å². The second kappa shape index (κ2) is 8.68. The van der Waals surface area contributed by atoms with Gasteiger partial charge < -0.3 is 10.2 Å². The van der Waals surface area contributed by atoms with Gasteiger partial charge in [0.1, 0.15) is 12.2 Å². The monoisotopic (exact) mass is 407 g/mol. The van der Waals surface area contributed by atoms with Gasteiger partial charge in [-0.3, -0.25) is 9.59 Å². The minimum Gasteiger partial charge on any atom is -0.351 e. The molecule has 0 saturated heterocycles. The van der Waals surface area contributed by atoms with Gasteiger partial charge in [-0.05, 0) is 24.6 Å². The molecule has 0 saturated carbocycles. The lowest BCUT2D eigenvalue weighted by molar-refractivity contribution is -0.126. The highest BCUT2D eigenvalue weighted by Crippen LogP contribution is 2.39. The summed E-state index contributed by atoms with van der Waals surface area (Å²) in [7, 11) is 0.